The number of fused-ring (bicyclic) bond motifs is 1. The number of hydrogen-bond donors (Lipinski definition) is 2. The Bertz CT molecular complexity index is 578. The number of piperidine rings is 1. The monoisotopic (exact) mass is 458 g/mol. The molecule has 0 spiro atoms. The van der Waals surface area contributed by atoms with Gasteiger partial charge in [-0.15, -0.1) is 24.0 Å². The molecule has 0 amide bonds. The van der Waals surface area contributed by atoms with Gasteiger partial charge in [0.25, 0.3) is 0 Å². The first-order valence-electron chi connectivity index (χ1n) is 9.15. The zero-order valence-electron chi connectivity index (χ0n) is 15.3. The van der Waals surface area contributed by atoms with Crippen molar-refractivity contribution in [3.63, 3.8) is 0 Å². The summed E-state index contributed by atoms with van der Waals surface area (Å²) in [7, 11) is 0. The molecule has 0 aromatic heterocycles. The first-order chi connectivity index (χ1) is 11.6. The highest BCUT2D eigenvalue weighted by atomic mass is 127. The lowest BCUT2D eigenvalue weighted by Gasteiger charge is -2.34. The van der Waals surface area contributed by atoms with Gasteiger partial charge >= 0.3 is 0 Å². The van der Waals surface area contributed by atoms with E-state index in [1.54, 1.807) is 0 Å². The van der Waals surface area contributed by atoms with Crippen molar-refractivity contribution < 1.29 is 4.74 Å². The quantitative estimate of drug-likeness (QED) is 0.414. The Hall–Kier alpha value is -1.02. The van der Waals surface area contributed by atoms with E-state index in [0.717, 1.165) is 25.3 Å². The SMILES string of the molecule is CC(C)N1CCCC(CN=C(N)NC2CCOc3ccccc32)C1.I. The third kappa shape index (κ3) is 5.48. The molecule has 1 aromatic rings. The van der Waals surface area contributed by atoms with Crippen LogP contribution in [-0.4, -0.2) is 43.1 Å². The molecule has 1 aromatic carbocycles. The number of likely N-dealkylation sites (tertiary alicyclic amines) is 1. The number of nitrogens with two attached hydrogens (primary N) is 1. The summed E-state index contributed by atoms with van der Waals surface area (Å²) >= 11 is 0. The maximum absolute atomic E-state index is 6.16. The van der Waals surface area contributed by atoms with Gasteiger partial charge in [0.15, 0.2) is 5.96 Å². The van der Waals surface area contributed by atoms with Crippen LogP contribution in [0.25, 0.3) is 0 Å². The van der Waals surface area contributed by atoms with Crippen molar-refractivity contribution in [3.8, 4) is 5.75 Å². The van der Waals surface area contributed by atoms with Crippen LogP contribution in [0.2, 0.25) is 0 Å². The molecule has 0 bridgehead atoms. The average Bonchev–Trinajstić information content (AvgIpc) is 2.60. The molecule has 1 saturated heterocycles. The summed E-state index contributed by atoms with van der Waals surface area (Å²) in [6, 6.07) is 8.96. The van der Waals surface area contributed by atoms with Crippen LogP contribution in [-0.2, 0) is 0 Å². The largest absolute Gasteiger partial charge is 0.493 e. The predicted molar refractivity (Wildman–Crippen MR) is 114 cm³/mol. The first kappa shape index (κ1) is 20.3. The number of ether oxygens (including phenoxy) is 1. The first-order valence-corrected chi connectivity index (χ1v) is 9.15. The van der Waals surface area contributed by atoms with Crippen molar-refractivity contribution in [2.24, 2.45) is 16.6 Å². The molecule has 2 aliphatic heterocycles. The Balaban J connectivity index is 0.00000225. The van der Waals surface area contributed by atoms with E-state index in [1.807, 2.05) is 18.2 Å². The van der Waals surface area contributed by atoms with Crippen molar-refractivity contribution >= 4 is 29.9 Å². The smallest absolute Gasteiger partial charge is 0.189 e. The van der Waals surface area contributed by atoms with Crippen LogP contribution in [0.15, 0.2) is 29.3 Å². The summed E-state index contributed by atoms with van der Waals surface area (Å²) < 4.78 is 5.70. The molecule has 2 atom stereocenters. The molecular formula is C19H31IN4O. The lowest BCUT2D eigenvalue weighted by molar-refractivity contribution is 0.143. The fraction of sp³-hybridized carbons (Fsp3) is 0.632. The molecule has 25 heavy (non-hydrogen) atoms. The molecular weight excluding hydrogens is 427 g/mol. The third-order valence-electron chi connectivity index (χ3n) is 5.08. The van der Waals surface area contributed by atoms with Crippen LogP contribution in [0.1, 0.15) is 44.7 Å². The second-order valence-corrected chi connectivity index (χ2v) is 7.19. The van der Waals surface area contributed by atoms with Crippen LogP contribution in [0.3, 0.4) is 0 Å². The number of benzene rings is 1. The highest BCUT2D eigenvalue weighted by Crippen LogP contribution is 2.31. The molecule has 5 nitrogen and oxygen atoms in total. The minimum atomic E-state index is 0. The lowest BCUT2D eigenvalue weighted by Crippen LogP contribution is -2.41. The van der Waals surface area contributed by atoms with E-state index in [1.165, 1.54) is 24.9 Å². The second kappa shape index (κ2) is 9.62. The number of nitrogens with one attached hydrogen (secondary N) is 1. The number of aliphatic imine (C=N–C) groups is 1. The predicted octanol–water partition coefficient (Wildman–Crippen LogP) is 3.15. The Morgan fingerprint density at radius 1 is 1.36 bits per heavy atom. The fourth-order valence-electron chi connectivity index (χ4n) is 3.66. The molecule has 3 rings (SSSR count). The Kier molecular flexibility index (Phi) is 7.81. The minimum absolute atomic E-state index is 0. The van der Waals surface area contributed by atoms with E-state index < -0.39 is 0 Å². The Morgan fingerprint density at radius 3 is 2.96 bits per heavy atom. The van der Waals surface area contributed by atoms with Gasteiger partial charge in [-0.1, -0.05) is 18.2 Å². The Morgan fingerprint density at radius 2 is 2.16 bits per heavy atom. The number of rotatable bonds is 4. The van der Waals surface area contributed by atoms with E-state index in [9.17, 15) is 0 Å². The summed E-state index contributed by atoms with van der Waals surface area (Å²) in [6.45, 7) is 8.41. The van der Waals surface area contributed by atoms with Crippen LogP contribution in [0, 0.1) is 5.92 Å². The normalized spacial score (nSPS) is 24.2. The van der Waals surface area contributed by atoms with Gasteiger partial charge in [0, 0.05) is 31.1 Å². The molecule has 3 N–H and O–H groups in total. The maximum atomic E-state index is 6.16. The Labute approximate surface area is 168 Å². The number of halogens is 1. The van der Waals surface area contributed by atoms with Gasteiger partial charge in [0.05, 0.1) is 12.6 Å². The van der Waals surface area contributed by atoms with Crippen molar-refractivity contribution in [2.45, 2.75) is 45.2 Å². The molecule has 2 aliphatic rings. The summed E-state index contributed by atoms with van der Waals surface area (Å²) in [5.74, 6) is 2.12. The average molecular weight is 458 g/mol. The second-order valence-electron chi connectivity index (χ2n) is 7.19. The molecule has 0 aliphatic carbocycles. The highest BCUT2D eigenvalue weighted by Gasteiger charge is 2.23. The van der Waals surface area contributed by atoms with E-state index in [0.29, 0.717) is 24.5 Å². The summed E-state index contributed by atoms with van der Waals surface area (Å²) in [5.41, 5.74) is 7.33. The molecule has 0 radical (unpaired) electrons. The van der Waals surface area contributed by atoms with Gasteiger partial charge in [-0.25, -0.2) is 0 Å². The van der Waals surface area contributed by atoms with Crippen LogP contribution in [0.4, 0.5) is 0 Å². The van der Waals surface area contributed by atoms with Gasteiger partial charge < -0.3 is 20.7 Å². The minimum Gasteiger partial charge on any atom is -0.493 e. The fourth-order valence-corrected chi connectivity index (χ4v) is 3.66. The zero-order valence-corrected chi connectivity index (χ0v) is 17.6. The van der Waals surface area contributed by atoms with Crippen LogP contribution >= 0.6 is 24.0 Å². The molecule has 140 valence electrons. The molecule has 2 heterocycles. The van der Waals surface area contributed by atoms with E-state index >= 15 is 0 Å². The number of hydrogen-bond acceptors (Lipinski definition) is 3. The van der Waals surface area contributed by atoms with Crippen molar-refractivity contribution in [3.05, 3.63) is 29.8 Å². The van der Waals surface area contributed by atoms with Gasteiger partial charge in [0.1, 0.15) is 5.75 Å². The molecule has 0 saturated carbocycles. The van der Waals surface area contributed by atoms with E-state index in [-0.39, 0.29) is 30.0 Å². The van der Waals surface area contributed by atoms with E-state index in [4.69, 9.17) is 10.5 Å². The summed E-state index contributed by atoms with van der Waals surface area (Å²) in [4.78, 5) is 7.17. The standard InChI is InChI=1S/C19H30N4O.HI/c1-14(2)23-10-5-6-15(13-23)12-21-19(20)22-17-9-11-24-18-8-4-3-7-16(17)18;/h3-4,7-8,14-15,17H,5-6,9-13H2,1-2H3,(H3,20,21,22);1H. The summed E-state index contributed by atoms with van der Waals surface area (Å²) in [6.07, 6.45) is 3.43. The van der Waals surface area contributed by atoms with Crippen molar-refractivity contribution in [2.75, 3.05) is 26.2 Å². The lowest BCUT2D eigenvalue weighted by atomic mass is 9.97. The van der Waals surface area contributed by atoms with Gasteiger partial charge in [-0.3, -0.25) is 4.99 Å². The molecule has 6 heteroatoms. The number of guanidine groups is 1. The van der Waals surface area contributed by atoms with Gasteiger partial charge in [0.2, 0.25) is 0 Å². The van der Waals surface area contributed by atoms with Crippen molar-refractivity contribution in [1.82, 2.24) is 10.2 Å². The topological polar surface area (TPSA) is 62.9 Å². The highest BCUT2D eigenvalue weighted by molar-refractivity contribution is 14.0. The molecule has 1 fully saturated rings. The van der Waals surface area contributed by atoms with Gasteiger partial charge in [-0.05, 0) is 45.2 Å². The van der Waals surface area contributed by atoms with Gasteiger partial charge in [-0.2, -0.15) is 0 Å². The number of nitrogens with zero attached hydrogens (tertiary/aromatic N) is 2. The maximum Gasteiger partial charge on any atom is 0.189 e. The number of para-hydroxylation sites is 1. The van der Waals surface area contributed by atoms with Crippen molar-refractivity contribution in [1.29, 1.82) is 0 Å². The van der Waals surface area contributed by atoms with E-state index in [2.05, 4.69) is 35.1 Å². The van der Waals surface area contributed by atoms with Crippen LogP contribution in [0.5, 0.6) is 5.75 Å². The molecule has 2 unspecified atom stereocenters. The summed E-state index contributed by atoms with van der Waals surface area (Å²) in [5, 5.41) is 3.38. The zero-order chi connectivity index (χ0) is 16.9. The van der Waals surface area contributed by atoms with Crippen LogP contribution < -0.4 is 15.8 Å². The third-order valence-corrected chi connectivity index (χ3v) is 5.08.